The van der Waals surface area contributed by atoms with Crippen LogP contribution in [0, 0.1) is 6.92 Å². The number of nitrogens with one attached hydrogen (secondary N) is 1. The van der Waals surface area contributed by atoms with Crippen LogP contribution in [0.25, 0.3) is 22.4 Å². The molecule has 0 atom stereocenters. The van der Waals surface area contributed by atoms with Crippen molar-refractivity contribution in [1.82, 2.24) is 9.71 Å². The van der Waals surface area contributed by atoms with Crippen molar-refractivity contribution in [3.8, 4) is 11.4 Å². The number of sulfonamides is 1. The van der Waals surface area contributed by atoms with E-state index < -0.39 is 15.9 Å². The van der Waals surface area contributed by atoms with Gasteiger partial charge < -0.3 is 10.5 Å². The largest absolute Gasteiger partial charge is 0.426 e. The highest BCUT2D eigenvalue weighted by molar-refractivity contribution is 7.89. The molecule has 0 spiro atoms. The number of fused-ring (bicyclic) bond motifs is 1. The molecule has 0 bridgehead atoms. The van der Waals surface area contributed by atoms with E-state index in [2.05, 4.69) is 10.3 Å². The number of imidazole rings is 1. The number of hydrogen-bond acceptors (Lipinski definition) is 5. The number of anilines is 1. The molecule has 8 nitrogen and oxygen atoms in total. The van der Waals surface area contributed by atoms with Gasteiger partial charge in [-0.2, -0.15) is 4.73 Å². The predicted molar refractivity (Wildman–Crippen MR) is 113 cm³/mol. The summed E-state index contributed by atoms with van der Waals surface area (Å²) in [5.41, 5.74) is 3.82. The number of aromatic nitrogens is 2. The van der Waals surface area contributed by atoms with Gasteiger partial charge in [0.05, 0.1) is 10.4 Å². The summed E-state index contributed by atoms with van der Waals surface area (Å²) in [5, 5.41) is 18.2. The van der Waals surface area contributed by atoms with Crippen LogP contribution in [0.1, 0.15) is 15.9 Å². The monoisotopic (exact) mass is 422 g/mol. The molecule has 0 radical (unpaired) electrons. The Kier molecular flexibility index (Phi) is 4.76. The predicted octanol–water partition coefficient (Wildman–Crippen LogP) is 3.15. The lowest BCUT2D eigenvalue weighted by molar-refractivity contribution is 0.102. The molecule has 1 aromatic heterocycles. The lowest BCUT2D eigenvalue weighted by atomic mass is 10.1. The van der Waals surface area contributed by atoms with E-state index in [1.54, 1.807) is 24.3 Å². The van der Waals surface area contributed by atoms with Crippen LogP contribution in [0.15, 0.2) is 71.6 Å². The van der Waals surface area contributed by atoms with E-state index in [1.165, 1.54) is 24.3 Å². The van der Waals surface area contributed by atoms with Crippen LogP contribution in [0.2, 0.25) is 0 Å². The minimum atomic E-state index is -3.81. The van der Waals surface area contributed by atoms with E-state index in [0.717, 1.165) is 10.3 Å². The molecule has 1 amide bonds. The number of nitrogens with zero attached hydrogens (tertiary/aromatic N) is 2. The zero-order valence-electron chi connectivity index (χ0n) is 15.9. The molecule has 4 aromatic rings. The summed E-state index contributed by atoms with van der Waals surface area (Å²) in [6, 6.07) is 17.8. The SMILES string of the molecule is Cc1ccc2nc(-c3ccc(NC(=O)c4ccc(S(N)(=O)=O)cc4)cc3)n(O)c2c1. The number of rotatable bonds is 4. The van der Waals surface area contributed by atoms with Gasteiger partial charge in [0.1, 0.15) is 5.52 Å². The van der Waals surface area contributed by atoms with E-state index in [-0.39, 0.29) is 4.90 Å². The van der Waals surface area contributed by atoms with Gasteiger partial charge in [0.15, 0.2) is 5.82 Å². The number of hydrogen-bond donors (Lipinski definition) is 3. The average Bonchev–Trinajstić information content (AvgIpc) is 3.04. The Balaban J connectivity index is 1.54. The third-order valence-electron chi connectivity index (χ3n) is 4.63. The molecule has 0 fully saturated rings. The Labute approximate surface area is 172 Å². The Hall–Kier alpha value is -3.69. The molecule has 9 heteroatoms. The number of carbonyl (C=O) groups is 1. The molecule has 1 heterocycles. The first kappa shape index (κ1) is 19.6. The standard InChI is InChI=1S/C21H18N4O4S/c1-13-2-11-18-19(12-13)25(27)20(24-18)14-3-7-16(8-4-14)23-21(26)15-5-9-17(10-6-15)30(22,28)29/h2-12,27H,1H3,(H,23,26)(H2,22,28,29). The van der Waals surface area contributed by atoms with Crippen molar-refractivity contribution in [2.24, 2.45) is 5.14 Å². The molecule has 152 valence electrons. The van der Waals surface area contributed by atoms with Crippen molar-refractivity contribution < 1.29 is 18.4 Å². The average molecular weight is 422 g/mol. The molecule has 4 rings (SSSR count). The Morgan fingerprint density at radius 1 is 1.03 bits per heavy atom. The lowest BCUT2D eigenvalue weighted by Crippen LogP contribution is -2.14. The van der Waals surface area contributed by atoms with Crippen molar-refractivity contribution in [3.63, 3.8) is 0 Å². The van der Waals surface area contributed by atoms with Gasteiger partial charge in [0.25, 0.3) is 5.91 Å². The van der Waals surface area contributed by atoms with Crippen molar-refractivity contribution in [2.45, 2.75) is 11.8 Å². The summed E-state index contributed by atoms with van der Waals surface area (Å²) < 4.78 is 23.7. The van der Waals surface area contributed by atoms with Crippen molar-refractivity contribution in [2.75, 3.05) is 5.32 Å². The van der Waals surface area contributed by atoms with Crippen LogP contribution >= 0.6 is 0 Å². The van der Waals surface area contributed by atoms with Gasteiger partial charge >= 0.3 is 0 Å². The molecule has 0 aliphatic rings. The zero-order chi connectivity index (χ0) is 21.5. The van der Waals surface area contributed by atoms with Gasteiger partial charge in [-0.25, -0.2) is 18.5 Å². The first-order valence-corrected chi connectivity index (χ1v) is 10.5. The molecule has 0 aliphatic carbocycles. The van der Waals surface area contributed by atoms with Crippen LogP contribution in [0.3, 0.4) is 0 Å². The Morgan fingerprint density at radius 3 is 2.33 bits per heavy atom. The van der Waals surface area contributed by atoms with Gasteiger partial charge in [0, 0.05) is 16.8 Å². The highest BCUT2D eigenvalue weighted by Gasteiger charge is 2.13. The van der Waals surface area contributed by atoms with Gasteiger partial charge in [-0.05, 0) is 73.2 Å². The van der Waals surface area contributed by atoms with Gasteiger partial charge in [-0.15, -0.1) is 0 Å². The maximum Gasteiger partial charge on any atom is 0.255 e. The van der Waals surface area contributed by atoms with Gasteiger partial charge in [0.2, 0.25) is 10.0 Å². The maximum absolute atomic E-state index is 12.4. The van der Waals surface area contributed by atoms with E-state index in [0.29, 0.717) is 33.7 Å². The van der Waals surface area contributed by atoms with E-state index >= 15 is 0 Å². The molecule has 0 aliphatic heterocycles. The molecule has 0 unspecified atom stereocenters. The van der Waals surface area contributed by atoms with Crippen molar-refractivity contribution in [1.29, 1.82) is 0 Å². The smallest absolute Gasteiger partial charge is 0.255 e. The first-order valence-electron chi connectivity index (χ1n) is 8.95. The second-order valence-corrected chi connectivity index (χ2v) is 8.40. The molecule has 0 saturated carbocycles. The number of primary sulfonamides is 1. The second-order valence-electron chi connectivity index (χ2n) is 6.84. The van der Waals surface area contributed by atoms with Crippen LogP contribution < -0.4 is 10.5 Å². The van der Waals surface area contributed by atoms with E-state index in [9.17, 15) is 18.4 Å². The quantitative estimate of drug-likeness (QED) is 0.435. The number of carbonyl (C=O) groups excluding carboxylic acids is 1. The number of amides is 1. The van der Waals surface area contributed by atoms with Crippen LogP contribution in [-0.4, -0.2) is 29.2 Å². The molecule has 4 N–H and O–H groups in total. The summed E-state index contributed by atoms with van der Waals surface area (Å²) in [6.45, 7) is 1.94. The van der Waals surface area contributed by atoms with Crippen LogP contribution in [-0.2, 0) is 10.0 Å². The van der Waals surface area contributed by atoms with Crippen molar-refractivity contribution >= 4 is 32.7 Å². The molecular formula is C21H18N4O4S. The van der Waals surface area contributed by atoms with Crippen LogP contribution in [0.5, 0.6) is 0 Å². The van der Waals surface area contributed by atoms with Crippen LogP contribution in [0.4, 0.5) is 5.69 Å². The molecule has 0 saturated heterocycles. The summed E-state index contributed by atoms with van der Waals surface area (Å²) in [5.74, 6) is 0.000602. The second kappa shape index (κ2) is 7.29. The Bertz CT molecular complexity index is 1360. The maximum atomic E-state index is 12.4. The van der Waals surface area contributed by atoms with E-state index in [4.69, 9.17) is 5.14 Å². The summed E-state index contributed by atoms with van der Waals surface area (Å²) >= 11 is 0. The molecule has 3 aromatic carbocycles. The Morgan fingerprint density at radius 2 is 1.70 bits per heavy atom. The third kappa shape index (κ3) is 3.76. The van der Waals surface area contributed by atoms with Crippen molar-refractivity contribution in [3.05, 3.63) is 77.9 Å². The number of aryl methyl sites for hydroxylation is 1. The molecule has 30 heavy (non-hydrogen) atoms. The minimum absolute atomic E-state index is 0.0644. The normalized spacial score (nSPS) is 11.5. The minimum Gasteiger partial charge on any atom is -0.426 e. The zero-order valence-corrected chi connectivity index (χ0v) is 16.7. The lowest BCUT2D eigenvalue weighted by Gasteiger charge is -2.07. The third-order valence-corrected chi connectivity index (χ3v) is 5.56. The highest BCUT2D eigenvalue weighted by Crippen LogP contribution is 2.25. The van der Waals surface area contributed by atoms with E-state index in [1.807, 2.05) is 25.1 Å². The topological polar surface area (TPSA) is 127 Å². The summed E-state index contributed by atoms with van der Waals surface area (Å²) in [7, 11) is -3.81. The van der Waals surface area contributed by atoms with Gasteiger partial charge in [-0.3, -0.25) is 4.79 Å². The highest BCUT2D eigenvalue weighted by atomic mass is 32.2. The fourth-order valence-corrected chi connectivity index (χ4v) is 3.58. The molecular weight excluding hydrogens is 404 g/mol. The number of benzene rings is 3. The summed E-state index contributed by atoms with van der Waals surface area (Å²) in [4.78, 5) is 16.8. The van der Waals surface area contributed by atoms with Gasteiger partial charge in [-0.1, -0.05) is 6.07 Å². The number of nitrogens with two attached hydrogens (primary N) is 1. The fourth-order valence-electron chi connectivity index (χ4n) is 3.06. The first-order chi connectivity index (χ1) is 14.2. The summed E-state index contributed by atoms with van der Waals surface area (Å²) in [6.07, 6.45) is 0. The fraction of sp³-hybridized carbons (Fsp3) is 0.0476.